The van der Waals surface area contributed by atoms with Crippen molar-refractivity contribution in [2.75, 3.05) is 25.4 Å². The number of halogens is 4. The van der Waals surface area contributed by atoms with Gasteiger partial charge < -0.3 is 4.74 Å². The van der Waals surface area contributed by atoms with Crippen LogP contribution in [0, 0.1) is 5.82 Å². The van der Waals surface area contributed by atoms with E-state index in [4.69, 9.17) is 4.74 Å². The van der Waals surface area contributed by atoms with Gasteiger partial charge in [-0.15, -0.1) is 0 Å². The van der Waals surface area contributed by atoms with Crippen LogP contribution in [0.25, 0.3) is 22.0 Å². The van der Waals surface area contributed by atoms with Crippen molar-refractivity contribution >= 4 is 26.9 Å². The number of fused-ring (bicyclic) bond motifs is 1. The summed E-state index contributed by atoms with van der Waals surface area (Å²) >= 11 is 0. The quantitative estimate of drug-likeness (QED) is 0.588. The summed E-state index contributed by atoms with van der Waals surface area (Å²) in [6, 6.07) is 8.42. The fraction of sp³-hybridized carbons (Fsp3) is 0.278. The number of nitrogens with zero attached hydrogens (tertiary/aromatic N) is 3. The molecule has 0 aliphatic carbocycles. The SMILES string of the molecule is CN(C)S(=O)(=O)Nc1nn(C)c2cc(-c3cccc(F)c3OCC(F)(F)F)ccc12. The van der Waals surface area contributed by atoms with Crippen molar-refractivity contribution in [1.29, 1.82) is 0 Å². The summed E-state index contributed by atoms with van der Waals surface area (Å²) in [5.41, 5.74) is 0.983. The van der Waals surface area contributed by atoms with Crippen molar-refractivity contribution in [2.45, 2.75) is 6.18 Å². The summed E-state index contributed by atoms with van der Waals surface area (Å²) in [6.07, 6.45) is -4.62. The van der Waals surface area contributed by atoms with Crippen LogP contribution in [0.1, 0.15) is 0 Å². The van der Waals surface area contributed by atoms with Crippen LogP contribution in [-0.2, 0) is 17.3 Å². The highest BCUT2D eigenvalue weighted by molar-refractivity contribution is 7.90. The van der Waals surface area contributed by atoms with Crippen LogP contribution >= 0.6 is 0 Å². The summed E-state index contributed by atoms with van der Waals surface area (Å²) in [7, 11) is 0.500. The average Bonchev–Trinajstić information content (AvgIpc) is 2.94. The molecule has 0 amide bonds. The molecular weight excluding hydrogens is 428 g/mol. The molecule has 0 saturated heterocycles. The number of aryl methyl sites for hydroxylation is 1. The molecule has 162 valence electrons. The monoisotopic (exact) mass is 446 g/mol. The third-order valence-electron chi connectivity index (χ3n) is 4.22. The van der Waals surface area contributed by atoms with Gasteiger partial charge in [-0.1, -0.05) is 18.2 Å². The minimum absolute atomic E-state index is 0.0838. The minimum Gasteiger partial charge on any atom is -0.480 e. The second-order valence-electron chi connectivity index (χ2n) is 6.61. The number of rotatable bonds is 6. The van der Waals surface area contributed by atoms with E-state index < -0.39 is 34.6 Å². The van der Waals surface area contributed by atoms with E-state index in [1.807, 2.05) is 0 Å². The van der Waals surface area contributed by atoms with E-state index in [1.54, 1.807) is 19.2 Å². The van der Waals surface area contributed by atoms with E-state index in [1.165, 1.54) is 37.0 Å². The van der Waals surface area contributed by atoms with Gasteiger partial charge in [-0.25, -0.2) is 4.39 Å². The molecule has 0 unspecified atom stereocenters. The zero-order chi connectivity index (χ0) is 22.3. The fourth-order valence-electron chi connectivity index (χ4n) is 2.75. The number of alkyl halides is 3. The van der Waals surface area contributed by atoms with Gasteiger partial charge in [0.2, 0.25) is 0 Å². The first-order valence-corrected chi connectivity index (χ1v) is 9.98. The standard InChI is InChI=1S/C18H18F4N4O3S/c1-25(2)30(27,28)24-17-13-8-7-11(9-15(13)26(3)23-17)12-5-4-6-14(19)16(12)29-10-18(20,21)22/h4-9H,10H2,1-3H3,(H,23,24). The number of hydrogen-bond donors (Lipinski definition) is 1. The van der Waals surface area contributed by atoms with E-state index in [0.29, 0.717) is 16.5 Å². The first kappa shape index (κ1) is 21.8. The van der Waals surface area contributed by atoms with Crippen molar-refractivity contribution in [3.05, 3.63) is 42.2 Å². The predicted molar refractivity (Wildman–Crippen MR) is 104 cm³/mol. The van der Waals surface area contributed by atoms with Crippen LogP contribution in [0.3, 0.4) is 0 Å². The Balaban J connectivity index is 2.05. The lowest BCUT2D eigenvalue weighted by Gasteiger charge is -2.14. The van der Waals surface area contributed by atoms with Gasteiger partial charge in [-0.2, -0.15) is 31.0 Å². The molecule has 1 heterocycles. The smallest absolute Gasteiger partial charge is 0.422 e. The minimum atomic E-state index is -4.62. The van der Waals surface area contributed by atoms with Crippen LogP contribution in [-0.4, -0.2) is 49.4 Å². The number of hydrogen-bond acceptors (Lipinski definition) is 4. The first-order chi connectivity index (χ1) is 13.9. The topological polar surface area (TPSA) is 76.5 Å². The molecule has 0 fully saturated rings. The van der Waals surface area contributed by atoms with E-state index >= 15 is 0 Å². The molecule has 2 aromatic carbocycles. The highest BCUT2D eigenvalue weighted by atomic mass is 32.2. The van der Waals surface area contributed by atoms with Gasteiger partial charge >= 0.3 is 16.4 Å². The molecule has 3 rings (SSSR count). The molecule has 1 N–H and O–H groups in total. The van der Waals surface area contributed by atoms with Crippen molar-refractivity contribution in [3.8, 4) is 16.9 Å². The lowest BCUT2D eigenvalue weighted by molar-refractivity contribution is -0.153. The number of benzene rings is 2. The Labute approximate surface area is 170 Å². The maximum Gasteiger partial charge on any atom is 0.422 e. The number of aromatic nitrogens is 2. The molecule has 12 heteroatoms. The van der Waals surface area contributed by atoms with Crippen molar-refractivity contribution in [1.82, 2.24) is 14.1 Å². The van der Waals surface area contributed by atoms with Crippen LogP contribution in [0.5, 0.6) is 5.75 Å². The Bertz CT molecular complexity index is 1190. The summed E-state index contributed by atoms with van der Waals surface area (Å²) in [4.78, 5) is 0. The van der Waals surface area contributed by atoms with Crippen LogP contribution in [0.15, 0.2) is 36.4 Å². The molecule has 0 aliphatic rings. The Kier molecular flexibility index (Phi) is 5.65. The lowest BCUT2D eigenvalue weighted by atomic mass is 10.0. The molecule has 0 radical (unpaired) electrons. The van der Waals surface area contributed by atoms with Gasteiger partial charge in [0.05, 0.1) is 5.52 Å². The number of nitrogens with one attached hydrogen (secondary N) is 1. The largest absolute Gasteiger partial charge is 0.480 e. The van der Waals surface area contributed by atoms with Crippen molar-refractivity contribution < 1.29 is 30.7 Å². The van der Waals surface area contributed by atoms with Gasteiger partial charge in [0.15, 0.2) is 24.0 Å². The predicted octanol–water partition coefficient (Wildman–Crippen LogP) is 3.54. The zero-order valence-corrected chi connectivity index (χ0v) is 17.0. The third-order valence-corrected chi connectivity index (χ3v) is 5.63. The van der Waals surface area contributed by atoms with E-state index in [-0.39, 0.29) is 11.4 Å². The van der Waals surface area contributed by atoms with Crippen molar-refractivity contribution in [2.24, 2.45) is 7.05 Å². The normalized spacial score (nSPS) is 12.5. The average molecular weight is 446 g/mol. The number of ether oxygens (including phenoxy) is 1. The van der Waals surface area contributed by atoms with Gasteiger partial charge in [0.1, 0.15) is 0 Å². The van der Waals surface area contributed by atoms with Crippen LogP contribution in [0.4, 0.5) is 23.4 Å². The Hall–Kier alpha value is -2.86. The molecule has 30 heavy (non-hydrogen) atoms. The zero-order valence-electron chi connectivity index (χ0n) is 16.2. The van der Waals surface area contributed by atoms with Gasteiger partial charge in [-0.3, -0.25) is 9.40 Å². The molecule has 0 aliphatic heterocycles. The van der Waals surface area contributed by atoms with Gasteiger partial charge in [0, 0.05) is 32.1 Å². The van der Waals surface area contributed by atoms with Crippen molar-refractivity contribution in [3.63, 3.8) is 0 Å². The first-order valence-electron chi connectivity index (χ1n) is 8.54. The van der Waals surface area contributed by atoms with E-state index in [9.17, 15) is 26.0 Å². The van der Waals surface area contributed by atoms with E-state index in [2.05, 4.69) is 9.82 Å². The fourth-order valence-corrected chi connectivity index (χ4v) is 3.33. The molecule has 7 nitrogen and oxygen atoms in total. The molecule has 0 atom stereocenters. The number of anilines is 1. The lowest BCUT2D eigenvalue weighted by Crippen LogP contribution is -2.29. The third kappa shape index (κ3) is 4.49. The summed E-state index contributed by atoms with van der Waals surface area (Å²) in [5.74, 6) is -1.37. The summed E-state index contributed by atoms with van der Waals surface area (Å²) in [6.45, 7) is -1.63. The summed E-state index contributed by atoms with van der Waals surface area (Å²) < 4.78 is 85.4. The van der Waals surface area contributed by atoms with Gasteiger partial charge in [-0.05, 0) is 23.8 Å². The highest BCUT2D eigenvalue weighted by Crippen LogP contribution is 2.36. The highest BCUT2D eigenvalue weighted by Gasteiger charge is 2.29. The summed E-state index contributed by atoms with van der Waals surface area (Å²) in [5, 5.41) is 4.61. The molecule has 3 aromatic rings. The molecule has 0 bridgehead atoms. The van der Waals surface area contributed by atoms with Gasteiger partial charge in [0.25, 0.3) is 0 Å². The van der Waals surface area contributed by atoms with Crippen LogP contribution < -0.4 is 9.46 Å². The molecular formula is C18H18F4N4O3S. The molecule has 0 saturated carbocycles. The molecule has 1 aromatic heterocycles. The second-order valence-corrected chi connectivity index (χ2v) is 8.50. The second kappa shape index (κ2) is 7.76. The van der Waals surface area contributed by atoms with E-state index in [0.717, 1.165) is 10.4 Å². The maximum absolute atomic E-state index is 14.2. The number of para-hydroxylation sites is 1. The Morgan fingerprint density at radius 2 is 1.90 bits per heavy atom. The Morgan fingerprint density at radius 1 is 1.20 bits per heavy atom. The Morgan fingerprint density at radius 3 is 2.53 bits per heavy atom. The molecule has 0 spiro atoms. The maximum atomic E-state index is 14.2. The van der Waals surface area contributed by atoms with Crippen LogP contribution in [0.2, 0.25) is 0 Å².